The van der Waals surface area contributed by atoms with Crippen molar-refractivity contribution in [1.82, 2.24) is 5.32 Å². The second-order valence-corrected chi connectivity index (χ2v) is 6.83. The van der Waals surface area contributed by atoms with Crippen LogP contribution in [0, 0.1) is 5.82 Å². The molecule has 1 aliphatic carbocycles. The predicted molar refractivity (Wildman–Crippen MR) is 77.0 cm³/mol. The summed E-state index contributed by atoms with van der Waals surface area (Å²) in [5.74, 6) is -0.159. The van der Waals surface area contributed by atoms with Crippen molar-refractivity contribution in [3.63, 3.8) is 0 Å². The molecule has 0 atom stereocenters. The van der Waals surface area contributed by atoms with Gasteiger partial charge in [-0.1, -0.05) is 12.8 Å². The van der Waals surface area contributed by atoms with E-state index < -0.39 is 0 Å². The molecule has 3 rings (SSSR count). The van der Waals surface area contributed by atoms with E-state index in [1.165, 1.54) is 25.7 Å². The first-order valence-corrected chi connectivity index (χ1v) is 7.28. The van der Waals surface area contributed by atoms with E-state index in [1.807, 2.05) is 12.1 Å². The SMILES string of the molecule is CC1(C)CN(c2ccc(F)cc2)CC2(CCCC2)N1. The van der Waals surface area contributed by atoms with Crippen molar-refractivity contribution < 1.29 is 4.39 Å². The maximum Gasteiger partial charge on any atom is 0.123 e. The highest BCUT2D eigenvalue weighted by Gasteiger charge is 2.44. The number of rotatable bonds is 1. The molecule has 0 bridgehead atoms. The molecule has 0 radical (unpaired) electrons. The molecule has 1 N–H and O–H groups in total. The van der Waals surface area contributed by atoms with Crippen LogP contribution in [0.1, 0.15) is 39.5 Å². The van der Waals surface area contributed by atoms with Crippen LogP contribution in [0.25, 0.3) is 0 Å². The Balaban J connectivity index is 1.86. The quantitative estimate of drug-likeness (QED) is 0.835. The summed E-state index contributed by atoms with van der Waals surface area (Å²) < 4.78 is 13.1. The molecule has 0 aromatic heterocycles. The first-order chi connectivity index (χ1) is 8.98. The minimum atomic E-state index is -0.159. The third-order valence-electron chi connectivity index (χ3n) is 4.44. The highest BCUT2D eigenvalue weighted by molar-refractivity contribution is 5.48. The normalized spacial score (nSPS) is 24.9. The zero-order valence-electron chi connectivity index (χ0n) is 11.9. The fourth-order valence-corrected chi connectivity index (χ4v) is 3.86. The molecule has 0 amide bonds. The van der Waals surface area contributed by atoms with Gasteiger partial charge < -0.3 is 10.2 Å². The van der Waals surface area contributed by atoms with Crippen LogP contribution in [-0.4, -0.2) is 24.2 Å². The van der Waals surface area contributed by atoms with E-state index in [9.17, 15) is 4.39 Å². The van der Waals surface area contributed by atoms with E-state index in [0.717, 1.165) is 18.8 Å². The minimum Gasteiger partial charge on any atom is -0.368 e. The summed E-state index contributed by atoms with van der Waals surface area (Å²) in [5.41, 5.74) is 1.51. The zero-order chi connectivity index (χ0) is 13.5. The number of piperazine rings is 1. The van der Waals surface area contributed by atoms with Gasteiger partial charge in [-0.25, -0.2) is 4.39 Å². The lowest BCUT2D eigenvalue weighted by Gasteiger charge is -2.50. The summed E-state index contributed by atoms with van der Waals surface area (Å²) in [6, 6.07) is 6.93. The molecule has 0 unspecified atom stereocenters. The highest BCUT2D eigenvalue weighted by atomic mass is 19.1. The van der Waals surface area contributed by atoms with Crippen molar-refractivity contribution in [3.8, 4) is 0 Å². The molecule has 2 fully saturated rings. The van der Waals surface area contributed by atoms with E-state index in [2.05, 4.69) is 24.1 Å². The van der Waals surface area contributed by atoms with E-state index in [-0.39, 0.29) is 16.9 Å². The van der Waals surface area contributed by atoms with Crippen LogP contribution in [0.3, 0.4) is 0 Å². The molecule has 3 heteroatoms. The largest absolute Gasteiger partial charge is 0.368 e. The summed E-state index contributed by atoms with van der Waals surface area (Å²) >= 11 is 0. The van der Waals surface area contributed by atoms with Crippen LogP contribution in [0.4, 0.5) is 10.1 Å². The lowest BCUT2D eigenvalue weighted by Crippen LogP contribution is -2.68. The van der Waals surface area contributed by atoms with E-state index >= 15 is 0 Å². The molecule has 2 nitrogen and oxygen atoms in total. The van der Waals surface area contributed by atoms with Crippen LogP contribution in [0.2, 0.25) is 0 Å². The van der Waals surface area contributed by atoms with Crippen LogP contribution >= 0.6 is 0 Å². The summed E-state index contributed by atoms with van der Waals surface area (Å²) in [6.07, 6.45) is 5.16. The molecule has 1 aromatic rings. The van der Waals surface area contributed by atoms with Crippen molar-refractivity contribution >= 4 is 5.69 Å². The van der Waals surface area contributed by atoms with Gasteiger partial charge in [-0.2, -0.15) is 0 Å². The topological polar surface area (TPSA) is 15.3 Å². The van der Waals surface area contributed by atoms with Gasteiger partial charge in [0.1, 0.15) is 5.82 Å². The smallest absolute Gasteiger partial charge is 0.123 e. The fourth-order valence-electron chi connectivity index (χ4n) is 3.86. The fraction of sp³-hybridized carbons (Fsp3) is 0.625. The van der Waals surface area contributed by atoms with Crippen molar-refractivity contribution in [3.05, 3.63) is 30.1 Å². The minimum absolute atomic E-state index is 0.108. The molecule has 1 aromatic carbocycles. The molecule has 19 heavy (non-hydrogen) atoms. The second-order valence-electron chi connectivity index (χ2n) is 6.83. The van der Waals surface area contributed by atoms with Crippen LogP contribution in [-0.2, 0) is 0 Å². The number of benzene rings is 1. The Morgan fingerprint density at radius 1 is 1.05 bits per heavy atom. The average Bonchev–Trinajstić information content (AvgIpc) is 2.75. The van der Waals surface area contributed by atoms with E-state index in [1.54, 1.807) is 12.1 Å². The van der Waals surface area contributed by atoms with Gasteiger partial charge in [-0.3, -0.25) is 0 Å². The Kier molecular flexibility index (Phi) is 3.05. The molecule has 1 heterocycles. The van der Waals surface area contributed by atoms with Gasteiger partial charge in [0.05, 0.1) is 0 Å². The Morgan fingerprint density at radius 2 is 1.68 bits per heavy atom. The van der Waals surface area contributed by atoms with Crippen molar-refractivity contribution in [2.45, 2.75) is 50.6 Å². The summed E-state index contributed by atoms with van der Waals surface area (Å²) in [6.45, 7) is 6.55. The number of hydrogen-bond acceptors (Lipinski definition) is 2. The van der Waals surface area contributed by atoms with Crippen molar-refractivity contribution in [2.75, 3.05) is 18.0 Å². The number of nitrogens with one attached hydrogen (secondary N) is 1. The van der Waals surface area contributed by atoms with Crippen LogP contribution < -0.4 is 10.2 Å². The standard InChI is InChI=1S/C16H23FN2/c1-15(2)11-19(14-7-5-13(17)6-8-14)12-16(18-15)9-3-4-10-16/h5-8,18H,3-4,9-12H2,1-2H3. The molecule has 2 aliphatic rings. The van der Waals surface area contributed by atoms with E-state index in [0.29, 0.717) is 0 Å². The van der Waals surface area contributed by atoms with Gasteiger partial charge in [0.15, 0.2) is 0 Å². The lowest BCUT2D eigenvalue weighted by atomic mass is 9.87. The van der Waals surface area contributed by atoms with Gasteiger partial charge in [-0.15, -0.1) is 0 Å². The summed E-state index contributed by atoms with van der Waals surface area (Å²) in [4.78, 5) is 2.42. The van der Waals surface area contributed by atoms with Crippen LogP contribution in [0.15, 0.2) is 24.3 Å². The number of halogens is 1. The molecular weight excluding hydrogens is 239 g/mol. The maximum absolute atomic E-state index is 13.1. The van der Waals surface area contributed by atoms with Crippen molar-refractivity contribution in [1.29, 1.82) is 0 Å². The van der Waals surface area contributed by atoms with E-state index in [4.69, 9.17) is 0 Å². The predicted octanol–water partition coefficient (Wildman–Crippen LogP) is 3.33. The molecule has 1 saturated carbocycles. The summed E-state index contributed by atoms with van der Waals surface area (Å²) in [5, 5.41) is 3.86. The summed E-state index contributed by atoms with van der Waals surface area (Å²) in [7, 11) is 0. The number of hydrogen-bond donors (Lipinski definition) is 1. The van der Waals surface area contributed by atoms with Gasteiger partial charge in [0.2, 0.25) is 0 Å². The van der Waals surface area contributed by atoms with Gasteiger partial charge >= 0.3 is 0 Å². The third-order valence-corrected chi connectivity index (χ3v) is 4.44. The average molecular weight is 262 g/mol. The molecule has 104 valence electrons. The molecule has 1 spiro atoms. The Bertz CT molecular complexity index is 446. The monoisotopic (exact) mass is 262 g/mol. The number of anilines is 1. The Morgan fingerprint density at radius 3 is 2.32 bits per heavy atom. The van der Waals surface area contributed by atoms with Crippen LogP contribution in [0.5, 0.6) is 0 Å². The first-order valence-electron chi connectivity index (χ1n) is 7.28. The molecular formula is C16H23FN2. The van der Waals surface area contributed by atoms with Gasteiger partial charge in [-0.05, 0) is 51.0 Å². The second kappa shape index (κ2) is 4.48. The van der Waals surface area contributed by atoms with Gasteiger partial charge in [0.25, 0.3) is 0 Å². The molecule has 1 saturated heterocycles. The first kappa shape index (κ1) is 12.9. The van der Waals surface area contributed by atoms with Gasteiger partial charge in [0, 0.05) is 29.9 Å². The third kappa shape index (κ3) is 2.62. The lowest BCUT2D eigenvalue weighted by molar-refractivity contribution is 0.197. The Labute approximate surface area is 115 Å². The van der Waals surface area contributed by atoms with Crippen molar-refractivity contribution in [2.24, 2.45) is 0 Å². The Hall–Kier alpha value is -1.09. The zero-order valence-corrected chi connectivity index (χ0v) is 11.9. The number of nitrogens with zero attached hydrogens (tertiary/aromatic N) is 1. The highest BCUT2D eigenvalue weighted by Crippen LogP contribution is 2.37. The molecule has 1 aliphatic heterocycles. The maximum atomic E-state index is 13.1.